The second kappa shape index (κ2) is 6.86. The van der Waals surface area contributed by atoms with E-state index in [1.165, 1.54) is 0 Å². The first-order valence-corrected chi connectivity index (χ1v) is 7.18. The average molecular weight is 285 g/mol. The number of aryl methyl sites for hydroxylation is 1. The number of aromatic nitrogens is 1. The lowest BCUT2D eigenvalue weighted by atomic mass is 9.88. The predicted octanol–water partition coefficient (Wildman–Crippen LogP) is 2.05. The molecular formula is C13H23N3O2S. The molecule has 0 bridgehead atoms. The Morgan fingerprint density at radius 2 is 2.21 bits per heavy atom. The van der Waals surface area contributed by atoms with Gasteiger partial charge in [-0.1, -0.05) is 20.8 Å². The third-order valence-electron chi connectivity index (χ3n) is 2.51. The van der Waals surface area contributed by atoms with E-state index in [0.717, 1.165) is 16.3 Å². The van der Waals surface area contributed by atoms with Gasteiger partial charge in [-0.15, -0.1) is 11.3 Å². The Labute approximate surface area is 118 Å². The highest BCUT2D eigenvalue weighted by atomic mass is 32.1. The number of nitrogens with one attached hydrogen (secondary N) is 2. The molecule has 108 valence electrons. The lowest BCUT2D eigenvalue weighted by molar-refractivity contribution is 0.191. The Hall–Kier alpha value is -1.14. The summed E-state index contributed by atoms with van der Waals surface area (Å²) in [6.07, 6.45) is 2.50. The average Bonchev–Trinajstić information content (AvgIpc) is 2.70. The Morgan fingerprint density at radius 3 is 2.68 bits per heavy atom. The zero-order chi connectivity index (χ0) is 14.5. The molecule has 0 aliphatic rings. The molecule has 6 heteroatoms. The van der Waals surface area contributed by atoms with Crippen molar-refractivity contribution in [3.63, 3.8) is 0 Å². The van der Waals surface area contributed by atoms with Gasteiger partial charge in [-0.2, -0.15) is 0 Å². The maximum atomic E-state index is 11.7. The van der Waals surface area contributed by atoms with Crippen LogP contribution in [0.5, 0.6) is 0 Å². The van der Waals surface area contributed by atoms with Gasteiger partial charge >= 0.3 is 6.03 Å². The number of thiazole rings is 1. The Bertz CT molecular complexity index is 412. The number of rotatable bonds is 5. The number of aliphatic hydroxyl groups excluding tert-OH is 1. The first kappa shape index (κ1) is 15.9. The molecule has 0 saturated carbocycles. The van der Waals surface area contributed by atoms with Crippen molar-refractivity contribution in [1.29, 1.82) is 0 Å². The van der Waals surface area contributed by atoms with Gasteiger partial charge in [-0.25, -0.2) is 9.78 Å². The molecule has 1 aromatic rings. The van der Waals surface area contributed by atoms with Gasteiger partial charge in [0.1, 0.15) is 0 Å². The molecule has 19 heavy (non-hydrogen) atoms. The maximum Gasteiger partial charge on any atom is 0.315 e. The van der Waals surface area contributed by atoms with E-state index in [-0.39, 0.29) is 24.1 Å². The molecule has 0 aliphatic carbocycles. The normalized spacial score (nSPS) is 13.1. The third-order valence-corrected chi connectivity index (χ3v) is 3.42. The number of carbonyl (C=O) groups is 1. The van der Waals surface area contributed by atoms with Gasteiger partial charge in [0.25, 0.3) is 0 Å². The van der Waals surface area contributed by atoms with Crippen LogP contribution in [0, 0.1) is 12.3 Å². The van der Waals surface area contributed by atoms with E-state index < -0.39 is 0 Å². The Balaban J connectivity index is 2.37. The highest BCUT2D eigenvalue weighted by molar-refractivity contribution is 7.11. The summed E-state index contributed by atoms with van der Waals surface area (Å²) in [5.74, 6) is 0. The summed E-state index contributed by atoms with van der Waals surface area (Å²) in [4.78, 5) is 16.9. The van der Waals surface area contributed by atoms with Crippen molar-refractivity contribution < 1.29 is 9.90 Å². The van der Waals surface area contributed by atoms with Gasteiger partial charge in [0.15, 0.2) is 0 Å². The Kier molecular flexibility index (Phi) is 5.75. The SMILES string of the molecule is Cc1ncc(CNC(=O)NC(CO)CC(C)(C)C)s1. The van der Waals surface area contributed by atoms with Gasteiger partial charge in [-0.05, 0) is 18.8 Å². The molecule has 1 heterocycles. The minimum Gasteiger partial charge on any atom is -0.394 e. The fourth-order valence-corrected chi connectivity index (χ4v) is 2.53. The van der Waals surface area contributed by atoms with Crippen molar-refractivity contribution >= 4 is 17.4 Å². The summed E-state index contributed by atoms with van der Waals surface area (Å²) in [7, 11) is 0. The zero-order valence-electron chi connectivity index (χ0n) is 12.0. The van der Waals surface area contributed by atoms with Crippen LogP contribution in [0.15, 0.2) is 6.20 Å². The largest absolute Gasteiger partial charge is 0.394 e. The topological polar surface area (TPSA) is 74.2 Å². The van der Waals surface area contributed by atoms with Crippen molar-refractivity contribution in [3.8, 4) is 0 Å². The smallest absolute Gasteiger partial charge is 0.315 e. The number of carbonyl (C=O) groups excluding carboxylic acids is 1. The molecule has 0 fully saturated rings. The fourth-order valence-electron chi connectivity index (χ4n) is 1.79. The van der Waals surface area contributed by atoms with Gasteiger partial charge < -0.3 is 15.7 Å². The van der Waals surface area contributed by atoms with E-state index in [1.807, 2.05) is 6.92 Å². The van der Waals surface area contributed by atoms with Crippen molar-refractivity contribution in [2.75, 3.05) is 6.61 Å². The molecule has 1 atom stereocenters. The van der Waals surface area contributed by atoms with E-state index in [4.69, 9.17) is 0 Å². The fraction of sp³-hybridized carbons (Fsp3) is 0.692. The number of amides is 2. The lowest BCUT2D eigenvalue weighted by Gasteiger charge is -2.25. The van der Waals surface area contributed by atoms with Crippen molar-refractivity contribution in [1.82, 2.24) is 15.6 Å². The second-order valence-corrected chi connectivity index (χ2v) is 7.14. The monoisotopic (exact) mass is 285 g/mol. The van der Waals surface area contributed by atoms with Crippen LogP contribution in [0.4, 0.5) is 4.79 Å². The number of nitrogens with zero attached hydrogens (tertiary/aromatic N) is 1. The summed E-state index contributed by atoms with van der Waals surface area (Å²) < 4.78 is 0. The van der Waals surface area contributed by atoms with Crippen LogP contribution in [-0.2, 0) is 6.54 Å². The maximum absolute atomic E-state index is 11.7. The van der Waals surface area contributed by atoms with Gasteiger partial charge in [0.05, 0.1) is 24.2 Å². The molecule has 1 unspecified atom stereocenters. The van der Waals surface area contributed by atoms with Crippen LogP contribution in [-0.4, -0.2) is 28.8 Å². The molecular weight excluding hydrogens is 262 g/mol. The quantitative estimate of drug-likeness (QED) is 0.775. The van der Waals surface area contributed by atoms with E-state index in [2.05, 4.69) is 36.4 Å². The molecule has 0 aromatic carbocycles. The van der Waals surface area contributed by atoms with Crippen LogP contribution < -0.4 is 10.6 Å². The first-order valence-electron chi connectivity index (χ1n) is 6.36. The van der Waals surface area contributed by atoms with Gasteiger partial charge in [0, 0.05) is 11.1 Å². The van der Waals surface area contributed by atoms with E-state index in [9.17, 15) is 9.90 Å². The van der Waals surface area contributed by atoms with E-state index >= 15 is 0 Å². The number of hydrogen-bond acceptors (Lipinski definition) is 4. The van der Waals surface area contributed by atoms with Crippen molar-refractivity contribution in [2.24, 2.45) is 5.41 Å². The number of urea groups is 1. The second-order valence-electron chi connectivity index (χ2n) is 5.82. The van der Waals surface area contributed by atoms with Crippen LogP contribution in [0.2, 0.25) is 0 Å². The first-order chi connectivity index (χ1) is 8.80. The lowest BCUT2D eigenvalue weighted by Crippen LogP contribution is -2.45. The summed E-state index contributed by atoms with van der Waals surface area (Å²) in [6.45, 7) is 8.58. The molecule has 2 amide bonds. The standard InChI is InChI=1S/C13H23N3O2S/c1-9-14-6-11(19-9)7-15-12(18)16-10(8-17)5-13(2,3)4/h6,10,17H,5,7-8H2,1-4H3,(H2,15,16,18). The number of aliphatic hydroxyl groups is 1. The van der Waals surface area contributed by atoms with E-state index in [0.29, 0.717) is 6.54 Å². The van der Waals surface area contributed by atoms with Crippen molar-refractivity contribution in [2.45, 2.75) is 46.7 Å². The Morgan fingerprint density at radius 1 is 1.53 bits per heavy atom. The van der Waals surface area contributed by atoms with Crippen LogP contribution in [0.3, 0.4) is 0 Å². The zero-order valence-corrected chi connectivity index (χ0v) is 12.8. The molecule has 0 aliphatic heterocycles. The summed E-state index contributed by atoms with van der Waals surface area (Å²) in [5.41, 5.74) is 0.0649. The molecule has 3 N–H and O–H groups in total. The van der Waals surface area contributed by atoms with Crippen LogP contribution >= 0.6 is 11.3 Å². The summed E-state index contributed by atoms with van der Waals surface area (Å²) in [6, 6.07) is -0.474. The summed E-state index contributed by atoms with van der Waals surface area (Å²) >= 11 is 1.56. The highest BCUT2D eigenvalue weighted by Gasteiger charge is 2.19. The van der Waals surface area contributed by atoms with Crippen LogP contribution in [0.1, 0.15) is 37.1 Å². The van der Waals surface area contributed by atoms with Crippen molar-refractivity contribution in [3.05, 3.63) is 16.1 Å². The van der Waals surface area contributed by atoms with Gasteiger partial charge in [-0.3, -0.25) is 0 Å². The minimum atomic E-state index is -0.255. The molecule has 1 rings (SSSR count). The van der Waals surface area contributed by atoms with E-state index in [1.54, 1.807) is 17.5 Å². The molecule has 0 spiro atoms. The molecule has 5 nitrogen and oxygen atoms in total. The third kappa shape index (κ3) is 6.54. The minimum absolute atomic E-state index is 0.0512. The number of hydrogen-bond donors (Lipinski definition) is 3. The molecule has 0 saturated heterocycles. The van der Waals surface area contributed by atoms with Gasteiger partial charge in [0.2, 0.25) is 0 Å². The summed E-state index contributed by atoms with van der Waals surface area (Å²) in [5, 5.41) is 15.8. The van der Waals surface area contributed by atoms with Crippen LogP contribution in [0.25, 0.3) is 0 Å². The highest BCUT2D eigenvalue weighted by Crippen LogP contribution is 2.20. The molecule has 1 aromatic heterocycles. The predicted molar refractivity (Wildman–Crippen MR) is 77.2 cm³/mol. The molecule has 0 radical (unpaired) electrons.